The number of rotatable bonds is 6. The van der Waals surface area contributed by atoms with Crippen molar-refractivity contribution >= 4 is 23.8 Å². The highest BCUT2D eigenvalue weighted by molar-refractivity contribution is 5.94. The van der Waals surface area contributed by atoms with Crippen molar-refractivity contribution in [2.75, 3.05) is 19.6 Å². The van der Waals surface area contributed by atoms with Crippen LogP contribution in [0.5, 0.6) is 0 Å². The lowest BCUT2D eigenvalue weighted by atomic mass is 9.85. The maximum Gasteiger partial charge on any atom is 0.318 e. The second-order valence-corrected chi connectivity index (χ2v) is 14.6. The first-order valence-corrected chi connectivity index (χ1v) is 14.7. The van der Waals surface area contributed by atoms with Crippen LogP contribution in [-0.2, 0) is 14.4 Å². The quantitative estimate of drug-likeness (QED) is 0.447. The summed E-state index contributed by atoms with van der Waals surface area (Å²) in [5.74, 6) is -4.07. The SMILES string of the molecule is CC(C)(C)C(NC(=O)N1CCC(F)(F)CC1)C(=O)N1CC2C(C1C(=O)NC(C#N)CC1CC3(CC3)NC1=O)C2(C)C. The highest BCUT2D eigenvalue weighted by Gasteiger charge is 2.70. The Labute approximate surface area is 239 Å². The van der Waals surface area contributed by atoms with Gasteiger partial charge in [0.2, 0.25) is 17.7 Å². The molecule has 10 nitrogen and oxygen atoms in total. The molecule has 5 amide bonds. The van der Waals surface area contributed by atoms with Crippen molar-refractivity contribution in [2.45, 2.75) is 103 Å². The molecule has 0 aromatic rings. The smallest absolute Gasteiger partial charge is 0.318 e. The molecule has 6 unspecified atom stereocenters. The first-order valence-electron chi connectivity index (χ1n) is 14.7. The lowest BCUT2D eigenvalue weighted by Gasteiger charge is -2.39. The maximum atomic E-state index is 14.0. The van der Waals surface area contributed by atoms with Crippen molar-refractivity contribution in [3.63, 3.8) is 0 Å². The number of piperidine rings is 2. The normalized spacial score (nSPS) is 31.9. The molecule has 3 aliphatic heterocycles. The molecule has 3 saturated heterocycles. The number of urea groups is 1. The van der Waals surface area contributed by atoms with E-state index in [1.54, 1.807) is 20.8 Å². The summed E-state index contributed by atoms with van der Waals surface area (Å²) in [6, 6.07) is -1.13. The molecule has 6 atom stereocenters. The third kappa shape index (κ3) is 5.61. The summed E-state index contributed by atoms with van der Waals surface area (Å²) >= 11 is 0. The lowest BCUT2D eigenvalue weighted by molar-refractivity contribution is -0.144. The fraction of sp³-hybridized carbons (Fsp3) is 0.828. The fourth-order valence-corrected chi connectivity index (χ4v) is 7.21. The lowest BCUT2D eigenvalue weighted by Crippen LogP contribution is -2.61. The van der Waals surface area contributed by atoms with E-state index < -0.39 is 60.2 Å². The van der Waals surface area contributed by atoms with Gasteiger partial charge in [-0.15, -0.1) is 0 Å². The molecule has 226 valence electrons. The minimum absolute atomic E-state index is 0.0840. The van der Waals surface area contributed by atoms with Crippen LogP contribution in [0, 0.1) is 39.9 Å². The van der Waals surface area contributed by atoms with E-state index in [4.69, 9.17) is 0 Å². The number of carbonyl (C=O) groups excluding carboxylic acids is 4. The van der Waals surface area contributed by atoms with E-state index in [1.165, 1.54) is 9.80 Å². The van der Waals surface area contributed by atoms with Crippen molar-refractivity contribution < 1.29 is 28.0 Å². The molecule has 12 heteroatoms. The Kier molecular flexibility index (Phi) is 7.06. The molecular formula is C29H42F2N6O4. The summed E-state index contributed by atoms with van der Waals surface area (Å²) in [6.45, 7) is 9.67. The molecule has 3 N–H and O–H groups in total. The van der Waals surface area contributed by atoms with E-state index in [1.807, 2.05) is 0 Å². The van der Waals surface area contributed by atoms with E-state index >= 15 is 0 Å². The summed E-state index contributed by atoms with van der Waals surface area (Å²) in [6.07, 6.45) is 1.89. The average molecular weight is 577 g/mol. The average Bonchev–Trinajstić information content (AvgIpc) is 3.59. The second-order valence-electron chi connectivity index (χ2n) is 14.6. The van der Waals surface area contributed by atoms with Gasteiger partial charge in [0, 0.05) is 43.9 Å². The number of likely N-dealkylation sites (tertiary alicyclic amines) is 2. The highest BCUT2D eigenvalue weighted by Crippen LogP contribution is 2.65. The van der Waals surface area contributed by atoms with Gasteiger partial charge in [0.25, 0.3) is 5.92 Å². The molecule has 0 aromatic heterocycles. The molecule has 2 aliphatic carbocycles. The van der Waals surface area contributed by atoms with Gasteiger partial charge >= 0.3 is 6.03 Å². The van der Waals surface area contributed by atoms with Crippen LogP contribution in [0.2, 0.25) is 0 Å². The van der Waals surface area contributed by atoms with E-state index in [-0.39, 0.29) is 54.1 Å². The van der Waals surface area contributed by atoms with Gasteiger partial charge in [-0.2, -0.15) is 5.26 Å². The van der Waals surface area contributed by atoms with Crippen molar-refractivity contribution in [1.82, 2.24) is 25.8 Å². The van der Waals surface area contributed by atoms with Gasteiger partial charge in [-0.05, 0) is 48.3 Å². The second kappa shape index (κ2) is 9.80. The Morgan fingerprint density at radius 2 is 1.76 bits per heavy atom. The number of nitrogens with one attached hydrogen (secondary N) is 3. The number of hydrogen-bond acceptors (Lipinski definition) is 5. The first-order chi connectivity index (χ1) is 19.0. The summed E-state index contributed by atoms with van der Waals surface area (Å²) in [5, 5.41) is 18.5. The zero-order chi connectivity index (χ0) is 30.1. The topological polar surface area (TPSA) is 135 Å². The van der Waals surface area contributed by atoms with E-state index in [2.05, 4.69) is 35.9 Å². The van der Waals surface area contributed by atoms with Crippen LogP contribution in [-0.4, -0.2) is 82.8 Å². The standard InChI is InChI=1S/C29H42F2N6O4/c1-26(2,3)21(34-25(41)36-10-8-29(30,31)9-11-36)24(40)37-15-18-19(27(18,4)5)20(37)23(39)33-17(14-32)12-16-13-28(6-7-28)35-22(16)38/h16-21H,6-13,15H2,1-5H3,(H,33,39)(H,34,41)(H,35,38). The molecule has 2 saturated carbocycles. The number of amides is 5. The van der Waals surface area contributed by atoms with Gasteiger partial charge in [0.1, 0.15) is 18.1 Å². The molecule has 0 aromatic carbocycles. The third-order valence-corrected chi connectivity index (χ3v) is 10.2. The number of carbonyl (C=O) groups is 4. The van der Waals surface area contributed by atoms with Crippen molar-refractivity contribution in [3.05, 3.63) is 0 Å². The summed E-state index contributed by atoms with van der Waals surface area (Å²) in [7, 11) is 0. The molecule has 3 heterocycles. The molecule has 5 fully saturated rings. The predicted molar refractivity (Wildman–Crippen MR) is 144 cm³/mol. The molecule has 1 spiro atoms. The Morgan fingerprint density at radius 3 is 2.29 bits per heavy atom. The first kappa shape index (κ1) is 29.5. The van der Waals surface area contributed by atoms with Gasteiger partial charge in [0.05, 0.1) is 6.07 Å². The molecule has 5 rings (SSSR count). The predicted octanol–water partition coefficient (Wildman–Crippen LogP) is 2.39. The number of nitrogens with zero attached hydrogens (tertiary/aromatic N) is 3. The number of nitriles is 1. The van der Waals surface area contributed by atoms with Crippen LogP contribution >= 0.6 is 0 Å². The van der Waals surface area contributed by atoms with Crippen molar-refractivity contribution in [2.24, 2.45) is 28.6 Å². The minimum atomic E-state index is -2.80. The van der Waals surface area contributed by atoms with Crippen LogP contribution in [0.4, 0.5) is 13.6 Å². The van der Waals surface area contributed by atoms with Crippen LogP contribution in [0.1, 0.15) is 73.1 Å². The molecule has 0 radical (unpaired) electrons. The molecule has 0 bridgehead atoms. The van der Waals surface area contributed by atoms with Gasteiger partial charge in [-0.1, -0.05) is 34.6 Å². The number of halogens is 2. The number of hydrogen-bond donors (Lipinski definition) is 3. The Balaban J connectivity index is 1.29. The van der Waals surface area contributed by atoms with Gasteiger partial charge < -0.3 is 25.8 Å². The van der Waals surface area contributed by atoms with Crippen molar-refractivity contribution in [1.29, 1.82) is 5.26 Å². The van der Waals surface area contributed by atoms with E-state index in [9.17, 15) is 33.2 Å². The van der Waals surface area contributed by atoms with Crippen LogP contribution in [0.15, 0.2) is 0 Å². The van der Waals surface area contributed by atoms with Crippen LogP contribution < -0.4 is 16.0 Å². The monoisotopic (exact) mass is 576 g/mol. The number of fused-ring (bicyclic) bond motifs is 1. The summed E-state index contributed by atoms with van der Waals surface area (Å²) in [5.41, 5.74) is -1.02. The maximum absolute atomic E-state index is 14.0. The minimum Gasteiger partial charge on any atom is -0.350 e. The van der Waals surface area contributed by atoms with Gasteiger partial charge in [-0.3, -0.25) is 14.4 Å². The Hall–Kier alpha value is -2.97. The zero-order valence-electron chi connectivity index (χ0n) is 24.6. The number of alkyl halides is 2. The van der Waals surface area contributed by atoms with Gasteiger partial charge in [-0.25, -0.2) is 13.6 Å². The fourth-order valence-electron chi connectivity index (χ4n) is 7.21. The summed E-state index contributed by atoms with van der Waals surface area (Å²) < 4.78 is 27.3. The molecular weight excluding hydrogens is 534 g/mol. The Bertz CT molecular complexity index is 1160. The summed E-state index contributed by atoms with van der Waals surface area (Å²) in [4.78, 5) is 56.1. The van der Waals surface area contributed by atoms with Crippen LogP contribution in [0.3, 0.4) is 0 Å². The van der Waals surface area contributed by atoms with E-state index in [0.29, 0.717) is 13.0 Å². The van der Waals surface area contributed by atoms with E-state index in [0.717, 1.165) is 12.8 Å². The molecule has 41 heavy (non-hydrogen) atoms. The third-order valence-electron chi connectivity index (χ3n) is 10.2. The van der Waals surface area contributed by atoms with Crippen molar-refractivity contribution in [3.8, 4) is 6.07 Å². The van der Waals surface area contributed by atoms with Gasteiger partial charge in [0.15, 0.2) is 0 Å². The van der Waals surface area contributed by atoms with Crippen LogP contribution in [0.25, 0.3) is 0 Å². The molecule has 5 aliphatic rings. The Morgan fingerprint density at radius 1 is 1.12 bits per heavy atom. The zero-order valence-corrected chi connectivity index (χ0v) is 24.6. The largest absolute Gasteiger partial charge is 0.350 e. The highest BCUT2D eigenvalue weighted by atomic mass is 19.3.